The predicted molar refractivity (Wildman–Crippen MR) is 170 cm³/mol. The minimum Gasteiger partial charge on any atom is -0.379 e. The van der Waals surface area contributed by atoms with Gasteiger partial charge in [0.15, 0.2) is 0 Å². The van der Waals surface area contributed by atoms with Crippen molar-refractivity contribution >= 4 is 43.6 Å². The molecule has 0 aliphatic carbocycles. The van der Waals surface area contributed by atoms with Gasteiger partial charge >= 0.3 is 0 Å². The molecule has 0 unspecified atom stereocenters. The molecule has 0 saturated carbocycles. The maximum absolute atomic E-state index is 4.83. The normalized spacial score (nSPS) is 13.4. The van der Waals surface area contributed by atoms with Crippen molar-refractivity contribution < 1.29 is 0 Å². The molecule has 1 aliphatic heterocycles. The van der Waals surface area contributed by atoms with E-state index < -0.39 is 0 Å². The molecule has 3 aromatic heterocycles. The third-order valence-electron chi connectivity index (χ3n) is 8.07. The van der Waals surface area contributed by atoms with E-state index in [0.717, 1.165) is 34.9 Å². The van der Waals surface area contributed by atoms with E-state index in [1.807, 2.05) is 48.8 Å². The molecular formula is C37H26N4. The van der Waals surface area contributed by atoms with E-state index in [-0.39, 0.29) is 0 Å². The number of aryl methyl sites for hydroxylation is 1. The summed E-state index contributed by atoms with van der Waals surface area (Å²) >= 11 is 0. The van der Waals surface area contributed by atoms with Crippen LogP contribution >= 0.6 is 0 Å². The van der Waals surface area contributed by atoms with Crippen molar-refractivity contribution in [2.24, 2.45) is 0 Å². The van der Waals surface area contributed by atoms with Gasteiger partial charge in [0.2, 0.25) is 0 Å². The predicted octanol–water partition coefficient (Wildman–Crippen LogP) is 8.44. The van der Waals surface area contributed by atoms with E-state index in [1.54, 1.807) is 6.20 Å². The van der Waals surface area contributed by atoms with Gasteiger partial charge in [-0.05, 0) is 104 Å². The zero-order chi connectivity index (χ0) is 27.3. The number of allylic oxidation sites excluding steroid dienone is 2. The number of aromatic nitrogens is 3. The minimum absolute atomic E-state index is 0.724. The van der Waals surface area contributed by atoms with Crippen LogP contribution in [0.2, 0.25) is 0 Å². The van der Waals surface area contributed by atoms with Gasteiger partial charge in [-0.15, -0.1) is 0 Å². The first kappa shape index (κ1) is 23.5. The third-order valence-corrected chi connectivity index (χ3v) is 8.07. The molecule has 0 radical (unpaired) electrons. The van der Waals surface area contributed by atoms with Gasteiger partial charge in [0.25, 0.3) is 0 Å². The lowest BCUT2D eigenvalue weighted by molar-refractivity contribution is 0.995. The van der Waals surface area contributed by atoms with E-state index in [1.165, 1.54) is 54.6 Å². The summed E-state index contributed by atoms with van der Waals surface area (Å²) < 4.78 is 0. The van der Waals surface area contributed by atoms with Crippen LogP contribution in [-0.2, 0) is 0 Å². The van der Waals surface area contributed by atoms with Crippen LogP contribution in [0.5, 0.6) is 0 Å². The molecule has 0 atom stereocenters. The topological polar surface area (TPSA) is 50.7 Å². The molecule has 0 bridgehead atoms. The SMILES string of the molecule is Cc1cc2ccc3c(C4=CC=C(c5ccccn5)NC4)cc(-c4ccc(-c5ccccn5)nc4)c4ccc(c1)c2c34. The van der Waals surface area contributed by atoms with Gasteiger partial charge in [0.05, 0.1) is 22.8 Å². The second kappa shape index (κ2) is 9.39. The quantitative estimate of drug-likeness (QED) is 0.234. The maximum Gasteiger partial charge on any atom is 0.0886 e. The van der Waals surface area contributed by atoms with Crippen LogP contribution < -0.4 is 5.32 Å². The fourth-order valence-electron chi connectivity index (χ4n) is 6.17. The Labute approximate surface area is 238 Å². The molecule has 8 rings (SSSR count). The Morgan fingerprint density at radius 3 is 1.95 bits per heavy atom. The second-order valence-corrected chi connectivity index (χ2v) is 10.6. The van der Waals surface area contributed by atoms with Crippen molar-refractivity contribution in [3.8, 4) is 22.5 Å². The molecule has 1 N–H and O–H groups in total. The van der Waals surface area contributed by atoms with Gasteiger partial charge < -0.3 is 5.32 Å². The van der Waals surface area contributed by atoms with Crippen molar-refractivity contribution in [3.63, 3.8) is 0 Å². The van der Waals surface area contributed by atoms with Crippen LogP contribution in [0.15, 0.2) is 122 Å². The lowest BCUT2D eigenvalue weighted by Crippen LogP contribution is -2.19. The Balaban J connectivity index is 1.36. The zero-order valence-corrected chi connectivity index (χ0v) is 22.6. The van der Waals surface area contributed by atoms with Crippen molar-refractivity contribution in [2.45, 2.75) is 6.92 Å². The molecule has 1 aliphatic rings. The van der Waals surface area contributed by atoms with Crippen molar-refractivity contribution in [2.75, 3.05) is 6.54 Å². The number of benzene rings is 4. The minimum atomic E-state index is 0.724. The summed E-state index contributed by atoms with van der Waals surface area (Å²) in [5.41, 5.74) is 9.77. The first-order valence-electron chi connectivity index (χ1n) is 13.9. The van der Waals surface area contributed by atoms with E-state index in [2.05, 4.69) is 89.0 Å². The highest BCUT2D eigenvalue weighted by molar-refractivity contribution is 6.27. The molecule has 4 heteroatoms. The number of hydrogen-bond donors (Lipinski definition) is 1. The number of hydrogen-bond acceptors (Lipinski definition) is 4. The Morgan fingerprint density at radius 1 is 0.610 bits per heavy atom. The summed E-state index contributed by atoms with van der Waals surface area (Å²) in [4.78, 5) is 13.8. The summed E-state index contributed by atoms with van der Waals surface area (Å²) in [7, 11) is 0. The summed E-state index contributed by atoms with van der Waals surface area (Å²) in [6, 6.07) is 32.2. The fourth-order valence-corrected chi connectivity index (χ4v) is 6.17. The zero-order valence-electron chi connectivity index (χ0n) is 22.6. The van der Waals surface area contributed by atoms with E-state index >= 15 is 0 Å². The standard InChI is InChI=1S/C37H26N4/c1-23-18-24-8-12-28-30(26-10-14-34(40-21-26)32-6-2-4-16-38-32)20-31(29-13-9-25(19-23)36(24)37(28)29)27-11-15-35(41-22-27)33-7-3-5-17-39-33/h2-21,41H,22H2,1H3. The first-order valence-corrected chi connectivity index (χ1v) is 13.9. The molecule has 4 heterocycles. The molecule has 194 valence electrons. The lowest BCUT2D eigenvalue weighted by Gasteiger charge is -2.22. The van der Waals surface area contributed by atoms with Gasteiger partial charge in [0, 0.05) is 30.7 Å². The third kappa shape index (κ3) is 3.95. The lowest BCUT2D eigenvalue weighted by atomic mass is 9.85. The number of nitrogens with zero attached hydrogens (tertiary/aromatic N) is 3. The molecule has 4 aromatic carbocycles. The Bertz CT molecular complexity index is 2110. The van der Waals surface area contributed by atoms with Crippen molar-refractivity contribution in [3.05, 3.63) is 139 Å². The summed E-state index contributed by atoms with van der Waals surface area (Å²) in [5.74, 6) is 0. The Morgan fingerprint density at radius 2 is 1.32 bits per heavy atom. The highest BCUT2D eigenvalue weighted by Crippen LogP contribution is 2.43. The number of nitrogens with one attached hydrogen (secondary N) is 1. The molecular weight excluding hydrogens is 500 g/mol. The van der Waals surface area contributed by atoms with E-state index in [0.29, 0.717) is 0 Å². The Hall–Kier alpha value is -5.35. The van der Waals surface area contributed by atoms with Gasteiger partial charge in [-0.25, -0.2) is 0 Å². The molecule has 0 spiro atoms. The van der Waals surface area contributed by atoms with Gasteiger partial charge in [-0.1, -0.05) is 60.7 Å². The van der Waals surface area contributed by atoms with Crippen molar-refractivity contribution in [1.82, 2.24) is 20.3 Å². The van der Waals surface area contributed by atoms with Crippen LogP contribution in [0.3, 0.4) is 0 Å². The van der Waals surface area contributed by atoms with E-state index in [4.69, 9.17) is 4.98 Å². The molecule has 0 saturated heterocycles. The first-order chi connectivity index (χ1) is 20.2. The highest BCUT2D eigenvalue weighted by Gasteiger charge is 2.19. The van der Waals surface area contributed by atoms with Gasteiger partial charge in [-0.2, -0.15) is 0 Å². The van der Waals surface area contributed by atoms with Crippen LogP contribution in [0.25, 0.3) is 66.1 Å². The average Bonchev–Trinajstić information content (AvgIpc) is 3.04. The molecule has 0 amide bonds. The van der Waals surface area contributed by atoms with E-state index in [9.17, 15) is 0 Å². The molecule has 4 nitrogen and oxygen atoms in total. The molecule has 0 fully saturated rings. The van der Waals surface area contributed by atoms with Crippen LogP contribution in [-0.4, -0.2) is 21.5 Å². The monoisotopic (exact) mass is 526 g/mol. The number of dihydropyridines is 1. The summed E-state index contributed by atoms with van der Waals surface area (Å²) in [5, 5.41) is 11.3. The smallest absolute Gasteiger partial charge is 0.0886 e. The van der Waals surface area contributed by atoms with Crippen LogP contribution in [0.4, 0.5) is 0 Å². The largest absolute Gasteiger partial charge is 0.379 e. The number of rotatable bonds is 4. The number of pyridine rings is 3. The maximum atomic E-state index is 4.83. The van der Waals surface area contributed by atoms with Gasteiger partial charge in [-0.3, -0.25) is 15.0 Å². The van der Waals surface area contributed by atoms with Crippen LogP contribution in [0, 0.1) is 6.92 Å². The average molecular weight is 527 g/mol. The summed E-state index contributed by atoms with van der Waals surface area (Å²) in [6.45, 7) is 2.89. The second-order valence-electron chi connectivity index (χ2n) is 10.6. The van der Waals surface area contributed by atoms with Crippen molar-refractivity contribution in [1.29, 1.82) is 0 Å². The summed E-state index contributed by atoms with van der Waals surface area (Å²) in [6.07, 6.45) is 10.0. The fraction of sp³-hybridized carbons (Fsp3) is 0.0541. The molecule has 41 heavy (non-hydrogen) atoms. The van der Waals surface area contributed by atoms with Crippen LogP contribution in [0.1, 0.15) is 16.8 Å². The Kier molecular flexibility index (Phi) is 5.39. The van der Waals surface area contributed by atoms with Gasteiger partial charge in [0.1, 0.15) is 0 Å². The molecule has 7 aromatic rings. The highest BCUT2D eigenvalue weighted by atomic mass is 14.9.